The average Bonchev–Trinajstić information content (AvgIpc) is 3.58. The molecule has 5 rings (SSSR count). The van der Waals surface area contributed by atoms with E-state index < -0.39 is 18.0 Å². The van der Waals surface area contributed by atoms with Crippen molar-refractivity contribution < 1.29 is 14.3 Å². The van der Waals surface area contributed by atoms with Crippen LogP contribution in [-0.2, 0) is 16.6 Å². The number of aromatic nitrogens is 3. The number of carbonyl (C=O) groups is 2. The number of hydrogen-bond acceptors (Lipinski definition) is 7. The molecule has 0 saturated heterocycles. The van der Waals surface area contributed by atoms with E-state index in [4.69, 9.17) is 4.74 Å². The van der Waals surface area contributed by atoms with Gasteiger partial charge >= 0.3 is 5.97 Å². The maximum Gasteiger partial charge on any atom is 0.349 e. The SMILES string of the molecule is Cc1c(NC(=O)[C@H](C)OC(=O)c2ccc(-c3nc4ccccc4s3)s2)c(=O)n(-c2ccccc2)n1C. The van der Waals surface area contributed by atoms with Gasteiger partial charge in [-0.25, -0.2) is 14.5 Å². The number of esters is 1. The summed E-state index contributed by atoms with van der Waals surface area (Å²) in [6.07, 6.45) is -1.10. The molecule has 0 fully saturated rings. The molecule has 36 heavy (non-hydrogen) atoms. The lowest BCUT2D eigenvalue weighted by Gasteiger charge is -2.12. The standard InChI is InChI=1S/C26H22N4O4S2/c1-15-22(25(32)30(29(15)3)17-9-5-4-6-10-17)28-23(31)16(2)34-26(33)21-14-13-20(35-21)24-27-18-11-7-8-12-19(18)36-24/h4-14,16H,1-3H3,(H,28,31)/t16-/m0/s1. The highest BCUT2D eigenvalue weighted by molar-refractivity contribution is 7.26. The van der Waals surface area contributed by atoms with E-state index in [1.807, 2.05) is 48.5 Å². The molecule has 8 nitrogen and oxygen atoms in total. The van der Waals surface area contributed by atoms with Gasteiger partial charge < -0.3 is 10.1 Å². The Kier molecular flexibility index (Phi) is 6.29. The van der Waals surface area contributed by atoms with Crippen molar-refractivity contribution in [3.63, 3.8) is 0 Å². The number of thiophene rings is 1. The maximum absolute atomic E-state index is 13.0. The van der Waals surface area contributed by atoms with Crippen LogP contribution in [0.5, 0.6) is 0 Å². The third kappa shape index (κ3) is 4.36. The number of fused-ring (bicyclic) bond motifs is 1. The monoisotopic (exact) mass is 518 g/mol. The van der Waals surface area contributed by atoms with Gasteiger partial charge in [-0.05, 0) is 50.2 Å². The third-order valence-electron chi connectivity index (χ3n) is 5.77. The first-order valence-electron chi connectivity index (χ1n) is 11.1. The molecule has 1 atom stereocenters. The Bertz CT molecular complexity index is 1610. The fourth-order valence-corrected chi connectivity index (χ4v) is 5.66. The summed E-state index contributed by atoms with van der Waals surface area (Å²) in [4.78, 5) is 44.4. The molecule has 1 N–H and O–H groups in total. The predicted octanol–water partition coefficient (Wildman–Crippen LogP) is 5.01. The van der Waals surface area contributed by atoms with Gasteiger partial charge in [-0.1, -0.05) is 30.3 Å². The molecule has 0 aliphatic carbocycles. The number of amides is 1. The summed E-state index contributed by atoms with van der Waals surface area (Å²) in [6.45, 7) is 3.21. The number of nitrogens with one attached hydrogen (secondary N) is 1. The molecule has 0 spiro atoms. The Balaban J connectivity index is 1.29. The smallest absolute Gasteiger partial charge is 0.349 e. The van der Waals surface area contributed by atoms with Crippen molar-refractivity contribution >= 4 is 50.5 Å². The number of anilines is 1. The Morgan fingerprint density at radius 2 is 1.72 bits per heavy atom. The summed E-state index contributed by atoms with van der Waals surface area (Å²) in [5.74, 6) is -1.20. The molecular formula is C26H22N4O4S2. The highest BCUT2D eigenvalue weighted by Crippen LogP contribution is 2.34. The van der Waals surface area contributed by atoms with Crippen molar-refractivity contribution in [2.24, 2.45) is 7.05 Å². The van der Waals surface area contributed by atoms with Gasteiger partial charge in [0.25, 0.3) is 11.5 Å². The van der Waals surface area contributed by atoms with Crippen LogP contribution in [0.1, 0.15) is 22.3 Å². The second kappa shape index (κ2) is 9.56. The van der Waals surface area contributed by atoms with Crippen LogP contribution in [0.4, 0.5) is 5.69 Å². The van der Waals surface area contributed by atoms with E-state index in [1.165, 1.54) is 22.9 Å². The third-order valence-corrected chi connectivity index (χ3v) is 8.04. The molecule has 0 bridgehead atoms. The zero-order valence-corrected chi connectivity index (χ0v) is 21.4. The molecule has 0 saturated carbocycles. The van der Waals surface area contributed by atoms with Crippen molar-refractivity contribution in [2.45, 2.75) is 20.0 Å². The van der Waals surface area contributed by atoms with E-state index in [0.717, 1.165) is 20.1 Å². The van der Waals surface area contributed by atoms with Crippen LogP contribution in [0.25, 0.3) is 25.8 Å². The normalized spacial score (nSPS) is 12.0. The highest BCUT2D eigenvalue weighted by Gasteiger charge is 2.24. The quantitative estimate of drug-likeness (QED) is 0.319. The minimum Gasteiger partial charge on any atom is -0.448 e. The molecule has 3 aromatic heterocycles. The number of nitrogens with zero attached hydrogens (tertiary/aromatic N) is 3. The Hall–Kier alpha value is -4.02. The summed E-state index contributed by atoms with van der Waals surface area (Å²) in [5, 5.41) is 3.46. The largest absolute Gasteiger partial charge is 0.448 e. The molecular weight excluding hydrogens is 496 g/mol. The van der Waals surface area contributed by atoms with Crippen molar-refractivity contribution in [1.29, 1.82) is 0 Å². The first kappa shape index (κ1) is 23.7. The molecule has 182 valence electrons. The van der Waals surface area contributed by atoms with E-state index in [9.17, 15) is 14.4 Å². The number of hydrogen-bond donors (Lipinski definition) is 1. The molecule has 1 amide bonds. The molecule has 0 aliphatic heterocycles. The number of carbonyl (C=O) groups excluding carboxylic acids is 2. The first-order chi connectivity index (χ1) is 17.3. The predicted molar refractivity (Wildman–Crippen MR) is 142 cm³/mol. The van der Waals surface area contributed by atoms with E-state index in [1.54, 1.807) is 48.2 Å². The second-order valence-electron chi connectivity index (χ2n) is 8.12. The lowest BCUT2D eigenvalue weighted by molar-refractivity contribution is -0.123. The minimum atomic E-state index is -1.10. The molecule has 0 aliphatic rings. The number of para-hydroxylation sites is 2. The fraction of sp³-hybridized carbons (Fsp3) is 0.154. The highest BCUT2D eigenvalue weighted by atomic mass is 32.1. The van der Waals surface area contributed by atoms with Crippen molar-refractivity contribution in [3.8, 4) is 15.6 Å². The molecule has 5 aromatic rings. The van der Waals surface area contributed by atoms with Crippen molar-refractivity contribution in [3.05, 3.63) is 87.7 Å². The van der Waals surface area contributed by atoms with Gasteiger partial charge in [-0.2, -0.15) is 0 Å². The Morgan fingerprint density at radius 3 is 2.47 bits per heavy atom. The van der Waals surface area contributed by atoms with Crippen LogP contribution < -0.4 is 10.9 Å². The summed E-state index contributed by atoms with van der Waals surface area (Å²) in [5.41, 5.74) is 1.93. The zero-order chi connectivity index (χ0) is 25.4. The van der Waals surface area contributed by atoms with Gasteiger partial charge in [0.05, 0.1) is 26.5 Å². The average molecular weight is 519 g/mol. The topological polar surface area (TPSA) is 95.2 Å². The van der Waals surface area contributed by atoms with Crippen LogP contribution in [0.15, 0.2) is 71.5 Å². The molecule has 2 aromatic carbocycles. The van der Waals surface area contributed by atoms with Crippen LogP contribution in [0, 0.1) is 6.92 Å². The van der Waals surface area contributed by atoms with Crippen molar-refractivity contribution in [1.82, 2.24) is 14.3 Å². The van der Waals surface area contributed by atoms with Gasteiger partial charge in [0.1, 0.15) is 15.6 Å². The van der Waals surface area contributed by atoms with Crippen LogP contribution in [0.3, 0.4) is 0 Å². The number of rotatable bonds is 6. The maximum atomic E-state index is 13.0. The first-order valence-corrected chi connectivity index (χ1v) is 12.8. The molecule has 3 heterocycles. The molecule has 0 radical (unpaired) electrons. The second-order valence-corrected chi connectivity index (χ2v) is 10.2. The Morgan fingerprint density at radius 1 is 1.00 bits per heavy atom. The number of ether oxygens (including phenoxy) is 1. The minimum absolute atomic E-state index is 0.142. The summed E-state index contributed by atoms with van der Waals surface area (Å²) in [7, 11) is 1.74. The molecule has 0 unspecified atom stereocenters. The van der Waals surface area contributed by atoms with Gasteiger partial charge in [0, 0.05) is 7.05 Å². The van der Waals surface area contributed by atoms with Gasteiger partial charge in [0.2, 0.25) is 0 Å². The number of benzene rings is 2. The van der Waals surface area contributed by atoms with Gasteiger partial charge in [-0.3, -0.25) is 14.3 Å². The zero-order valence-electron chi connectivity index (χ0n) is 19.7. The van der Waals surface area contributed by atoms with Crippen LogP contribution in [-0.4, -0.2) is 32.3 Å². The van der Waals surface area contributed by atoms with E-state index in [-0.39, 0.29) is 11.2 Å². The van der Waals surface area contributed by atoms with Gasteiger partial charge in [0.15, 0.2) is 6.10 Å². The lowest BCUT2D eigenvalue weighted by Crippen LogP contribution is -2.32. The van der Waals surface area contributed by atoms with Crippen LogP contribution >= 0.6 is 22.7 Å². The Labute approximate surface area is 214 Å². The summed E-state index contributed by atoms with van der Waals surface area (Å²) >= 11 is 2.81. The lowest BCUT2D eigenvalue weighted by atomic mass is 10.3. The number of thiazole rings is 1. The fourth-order valence-electron chi connectivity index (χ4n) is 3.75. The van der Waals surface area contributed by atoms with E-state index in [2.05, 4.69) is 10.3 Å². The van der Waals surface area contributed by atoms with E-state index in [0.29, 0.717) is 16.3 Å². The summed E-state index contributed by atoms with van der Waals surface area (Å²) < 4.78 is 9.61. The van der Waals surface area contributed by atoms with Crippen molar-refractivity contribution in [2.75, 3.05) is 5.32 Å². The van der Waals surface area contributed by atoms with Gasteiger partial charge in [-0.15, -0.1) is 22.7 Å². The molecule has 10 heteroatoms. The van der Waals surface area contributed by atoms with E-state index >= 15 is 0 Å². The summed E-state index contributed by atoms with van der Waals surface area (Å²) in [6, 6.07) is 20.5. The van der Waals surface area contributed by atoms with Crippen LogP contribution in [0.2, 0.25) is 0 Å².